The Kier molecular flexibility index (Phi) is 3.69. The van der Waals surface area contributed by atoms with E-state index in [0.717, 1.165) is 27.1 Å². The lowest BCUT2D eigenvalue weighted by atomic mass is 10.2. The van der Waals surface area contributed by atoms with Crippen molar-refractivity contribution >= 4 is 11.0 Å². The van der Waals surface area contributed by atoms with Crippen molar-refractivity contribution in [2.75, 3.05) is 0 Å². The number of hydrogen-bond donors (Lipinski definition) is 1. The number of halogens is 2. The molecule has 0 amide bonds. The maximum absolute atomic E-state index is 13.7. The minimum Gasteiger partial charge on any atom is -0.309 e. The molecule has 27 heavy (non-hydrogen) atoms. The van der Waals surface area contributed by atoms with Crippen LogP contribution in [0.1, 0.15) is 11.4 Å². The van der Waals surface area contributed by atoms with Crippen molar-refractivity contribution in [2.45, 2.75) is 13.8 Å². The second kappa shape index (κ2) is 5.94. The van der Waals surface area contributed by atoms with Gasteiger partial charge in [0.1, 0.15) is 5.52 Å². The Morgan fingerprint density at radius 2 is 1.81 bits per heavy atom. The summed E-state index contributed by atoms with van der Waals surface area (Å²) in [4.78, 5) is 32.1. The average Bonchev–Trinajstić information content (AvgIpc) is 2.99. The van der Waals surface area contributed by atoms with Gasteiger partial charge in [-0.1, -0.05) is 5.21 Å². The van der Waals surface area contributed by atoms with Crippen LogP contribution in [-0.2, 0) is 0 Å². The van der Waals surface area contributed by atoms with Crippen LogP contribution >= 0.6 is 0 Å². The smallest absolute Gasteiger partial charge is 0.309 e. The second-order valence-corrected chi connectivity index (χ2v) is 5.96. The molecule has 10 heteroatoms. The molecule has 0 bridgehead atoms. The summed E-state index contributed by atoms with van der Waals surface area (Å²) in [5.41, 5.74) is -0.0456. The first-order valence-corrected chi connectivity index (χ1v) is 7.86. The number of aryl methyl sites for hydroxylation is 2. The molecular formula is C17H12F2N6O2. The van der Waals surface area contributed by atoms with E-state index in [1.807, 2.05) is 0 Å². The first-order chi connectivity index (χ1) is 12.9. The highest BCUT2D eigenvalue weighted by Crippen LogP contribution is 2.19. The fraction of sp³-hybridized carbons (Fsp3) is 0.118. The number of benzene rings is 1. The molecule has 0 fully saturated rings. The molecule has 4 aromatic rings. The monoisotopic (exact) mass is 370 g/mol. The maximum atomic E-state index is 13.7. The van der Waals surface area contributed by atoms with E-state index in [0.29, 0.717) is 0 Å². The third kappa shape index (κ3) is 2.62. The van der Waals surface area contributed by atoms with E-state index >= 15 is 0 Å². The van der Waals surface area contributed by atoms with Crippen molar-refractivity contribution in [1.82, 2.24) is 29.5 Å². The molecule has 0 unspecified atom stereocenters. The SMILES string of the molecule is Cc1ccc(-n2c(=O)[nH]c(C)c(-n3nnc4cc(F)c(F)cc43)c2=O)cn1. The molecule has 0 aliphatic carbocycles. The highest BCUT2D eigenvalue weighted by molar-refractivity contribution is 5.76. The van der Waals surface area contributed by atoms with Crippen molar-refractivity contribution in [3.05, 3.63) is 74.3 Å². The maximum Gasteiger partial charge on any atom is 0.333 e. The summed E-state index contributed by atoms with van der Waals surface area (Å²) in [5, 5.41) is 7.60. The predicted octanol–water partition coefficient (Wildman–Crippen LogP) is 1.55. The summed E-state index contributed by atoms with van der Waals surface area (Å²) >= 11 is 0. The van der Waals surface area contributed by atoms with Gasteiger partial charge in [-0.3, -0.25) is 9.78 Å². The molecule has 0 spiro atoms. The summed E-state index contributed by atoms with van der Waals surface area (Å²) in [7, 11) is 0. The molecule has 1 N–H and O–H groups in total. The van der Waals surface area contributed by atoms with E-state index in [2.05, 4.69) is 20.3 Å². The number of pyridine rings is 1. The Hall–Kier alpha value is -3.69. The third-order valence-corrected chi connectivity index (χ3v) is 4.11. The van der Waals surface area contributed by atoms with Gasteiger partial charge in [-0.15, -0.1) is 5.10 Å². The van der Waals surface area contributed by atoms with Crippen LogP contribution in [0.2, 0.25) is 0 Å². The van der Waals surface area contributed by atoms with Crippen LogP contribution in [0.15, 0.2) is 40.1 Å². The summed E-state index contributed by atoms with van der Waals surface area (Å²) in [6.07, 6.45) is 1.39. The fourth-order valence-electron chi connectivity index (χ4n) is 2.79. The van der Waals surface area contributed by atoms with E-state index < -0.39 is 22.9 Å². The van der Waals surface area contributed by atoms with Crippen LogP contribution in [0, 0.1) is 25.5 Å². The molecule has 0 aliphatic heterocycles. The minimum atomic E-state index is -1.10. The topological polar surface area (TPSA) is 98.5 Å². The van der Waals surface area contributed by atoms with Crippen molar-refractivity contribution < 1.29 is 8.78 Å². The van der Waals surface area contributed by atoms with Gasteiger partial charge in [0.05, 0.1) is 17.4 Å². The number of nitrogens with zero attached hydrogens (tertiary/aromatic N) is 5. The van der Waals surface area contributed by atoms with Gasteiger partial charge in [0.2, 0.25) is 0 Å². The molecule has 0 radical (unpaired) electrons. The Morgan fingerprint density at radius 3 is 2.52 bits per heavy atom. The van der Waals surface area contributed by atoms with E-state index in [-0.39, 0.29) is 28.1 Å². The van der Waals surface area contributed by atoms with Gasteiger partial charge in [0.15, 0.2) is 17.3 Å². The third-order valence-electron chi connectivity index (χ3n) is 4.11. The van der Waals surface area contributed by atoms with Gasteiger partial charge >= 0.3 is 5.69 Å². The molecule has 1 aromatic carbocycles. The molecule has 0 aliphatic rings. The summed E-state index contributed by atoms with van der Waals surface area (Å²) < 4.78 is 29.1. The number of hydrogen-bond acceptors (Lipinski definition) is 5. The summed E-state index contributed by atoms with van der Waals surface area (Å²) in [6, 6.07) is 5.01. The highest BCUT2D eigenvalue weighted by Gasteiger charge is 2.19. The molecule has 3 aromatic heterocycles. The molecule has 3 heterocycles. The molecule has 0 atom stereocenters. The Labute approximate surface area is 149 Å². The summed E-state index contributed by atoms with van der Waals surface area (Å²) in [5.74, 6) is -2.17. The standard InChI is InChI=1S/C17H12F2N6O2/c1-8-3-4-10(7-20-8)24-16(26)15(9(2)21-17(24)27)25-14-6-12(19)11(18)5-13(14)22-23-25/h3-7H,1-2H3,(H,21,27). The number of nitrogens with one attached hydrogen (secondary N) is 1. The zero-order valence-electron chi connectivity index (χ0n) is 14.2. The number of fused-ring (bicyclic) bond motifs is 1. The van der Waals surface area contributed by atoms with Crippen molar-refractivity contribution in [3.8, 4) is 11.4 Å². The van der Waals surface area contributed by atoms with Gasteiger partial charge in [-0.05, 0) is 26.0 Å². The molecule has 136 valence electrons. The first kappa shape index (κ1) is 16.8. The van der Waals surface area contributed by atoms with Gasteiger partial charge in [-0.2, -0.15) is 0 Å². The van der Waals surface area contributed by atoms with E-state index in [4.69, 9.17) is 0 Å². The Balaban J connectivity index is 2.04. The molecule has 8 nitrogen and oxygen atoms in total. The largest absolute Gasteiger partial charge is 0.333 e. The molecule has 0 saturated carbocycles. The van der Waals surface area contributed by atoms with Crippen LogP contribution < -0.4 is 11.2 Å². The van der Waals surface area contributed by atoms with Crippen molar-refractivity contribution in [2.24, 2.45) is 0 Å². The normalized spacial score (nSPS) is 11.3. The lowest BCUT2D eigenvalue weighted by Crippen LogP contribution is -2.37. The van der Waals surface area contributed by atoms with Gasteiger partial charge in [0.25, 0.3) is 5.56 Å². The number of H-pyrrole nitrogens is 1. The zero-order chi connectivity index (χ0) is 19.3. The minimum absolute atomic E-state index is 0.0383. The number of aromatic amines is 1. The predicted molar refractivity (Wildman–Crippen MR) is 92.3 cm³/mol. The van der Waals surface area contributed by atoms with Crippen LogP contribution in [-0.4, -0.2) is 29.5 Å². The lowest BCUT2D eigenvalue weighted by molar-refractivity contribution is 0.510. The first-order valence-electron chi connectivity index (χ1n) is 7.86. The lowest BCUT2D eigenvalue weighted by Gasteiger charge is -2.10. The van der Waals surface area contributed by atoms with Gasteiger partial charge in [0, 0.05) is 23.5 Å². The van der Waals surface area contributed by atoms with Crippen LogP contribution in [0.3, 0.4) is 0 Å². The van der Waals surface area contributed by atoms with E-state index in [9.17, 15) is 18.4 Å². The average molecular weight is 370 g/mol. The number of rotatable bonds is 2. The molecule has 4 rings (SSSR count). The molecule has 0 saturated heterocycles. The van der Waals surface area contributed by atoms with E-state index in [1.54, 1.807) is 19.1 Å². The zero-order valence-corrected chi connectivity index (χ0v) is 14.2. The summed E-state index contributed by atoms with van der Waals surface area (Å²) in [6.45, 7) is 3.27. The fourth-order valence-corrected chi connectivity index (χ4v) is 2.79. The van der Waals surface area contributed by atoms with Crippen LogP contribution in [0.25, 0.3) is 22.4 Å². The Bertz CT molecular complexity index is 1300. The van der Waals surface area contributed by atoms with Crippen molar-refractivity contribution in [3.63, 3.8) is 0 Å². The number of aromatic nitrogens is 6. The van der Waals surface area contributed by atoms with E-state index in [1.165, 1.54) is 13.1 Å². The molecular weight excluding hydrogens is 358 g/mol. The van der Waals surface area contributed by atoms with Crippen LogP contribution in [0.4, 0.5) is 8.78 Å². The van der Waals surface area contributed by atoms with Gasteiger partial charge in [-0.25, -0.2) is 22.8 Å². The Morgan fingerprint density at radius 1 is 1.07 bits per heavy atom. The van der Waals surface area contributed by atoms with Gasteiger partial charge < -0.3 is 4.98 Å². The second-order valence-electron chi connectivity index (χ2n) is 5.96. The van der Waals surface area contributed by atoms with Crippen molar-refractivity contribution in [1.29, 1.82) is 0 Å². The quantitative estimate of drug-likeness (QED) is 0.577. The highest BCUT2D eigenvalue weighted by atomic mass is 19.2. The van der Waals surface area contributed by atoms with Crippen LogP contribution in [0.5, 0.6) is 0 Å².